The molecule has 0 radical (unpaired) electrons. The summed E-state index contributed by atoms with van der Waals surface area (Å²) >= 11 is 0. The molecule has 1 heteroatoms. The van der Waals surface area contributed by atoms with Crippen LogP contribution in [0.2, 0.25) is 0 Å². The van der Waals surface area contributed by atoms with Gasteiger partial charge < -0.3 is 4.79 Å². The van der Waals surface area contributed by atoms with Gasteiger partial charge in [0.1, 0.15) is 6.29 Å². The van der Waals surface area contributed by atoms with E-state index in [1.54, 1.807) is 6.08 Å². The van der Waals surface area contributed by atoms with Crippen molar-refractivity contribution in [1.29, 1.82) is 0 Å². The van der Waals surface area contributed by atoms with Crippen LogP contribution in [0.25, 0.3) is 0 Å². The first kappa shape index (κ1) is 15.2. The minimum Gasteiger partial charge on any atom is -0.303 e. The van der Waals surface area contributed by atoms with Crippen molar-refractivity contribution in [1.82, 2.24) is 0 Å². The molecule has 0 rings (SSSR count). The monoisotopic (exact) mass is 222 g/mol. The first-order chi connectivity index (χ1) is 7.85. The largest absolute Gasteiger partial charge is 0.303 e. The molecule has 0 saturated heterocycles. The Morgan fingerprint density at radius 1 is 1.12 bits per heavy atom. The predicted octanol–water partition coefficient (Wildman–Crippen LogP) is 4.68. The van der Waals surface area contributed by atoms with Gasteiger partial charge in [0.05, 0.1) is 0 Å². The van der Waals surface area contributed by atoms with Crippen molar-refractivity contribution >= 4 is 6.29 Å². The van der Waals surface area contributed by atoms with Gasteiger partial charge >= 0.3 is 0 Å². The maximum atomic E-state index is 10.6. The van der Waals surface area contributed by atoms with Gasteiger partial charge in [0.2, 0.25) is 0 Å². The van der Waals surface area contributed by atoms with Crippen LogP contribution < -0.4 is 0 Å². The molecule has 0 saturated carbocycles. The zero-order chi connectivity index (χ0) is 12.1. The van der Waals surface area contributed by atoms with E-state index in [-0.39, 0.29) is 5.92 Å². The molecular formula is C15H26O. The molecule has 0 fully saturated rings. The second-order valence-electron chi connectivity index (χ2n) is 4.31. The minimum absolute atomic E-state index is 0.0394. The molecule has 0 bridgehead atoms. The van der Waals surface area contributed by atoms with Crippen LogP contribution in [0.4, 0.5) is 0 Å². The van der Waals surface area contributed by atoms with Crippen molar-refractivity contribution in [3.8, 4) is 0 Å². The number of carbonyl (C=O) groups excluding carboxylic acids is 1. The van der Waals surface area contributed by atoms with Crippen LogP contribution in [-0.2, 0) is 4.79 Å². The fraction of sp³-hybridized carbons (Fsp3) is 0.667. The lowest BCUT2D eigenvalue weighted by Crippen LogP contribution is -1.94. The van der Waals surface area contributed by atoms with Crippen molar-refractivity contribution in [3.63, 3.8) is 0 Å². The molecule has 1 unspecified atom stereocenters. The third kappa shape index (κ3) is 9.70. The topological polar surface area (TPSA) is 17.1 Å². The van der Waals surface area contributed by atoms with Crippen LogP contribution in [0.1, 0.15) is 58.3 Å². The predicted molar refractivity (Wildman–Crippen MR) is 71.5 cm³/mol. The summed E-state index contributed by atoms with van der Waals surface area (Å²) in [5.41, 5.74) is 0. The first-order valence-electron chi connectivity index (χ1n) is 6.58. The Hall–Kier alpha value is -0.850. The smallest absolute Gasteiger partial charge is 0.127 e. The number of hydrogen-bond donors (Lipinski definition) is 0. The molecule has 0 spiro atoms. The highest BCUT2D eigenvalue weighted by molar-refractivity contribution is 5.56. The van der Waals surface area contributed by atoms with Gasteiger partial charge in [-0.2, -0.15) is 0 Å². The van der Waals surface area contributed by atoms with E-state index in [0.717, 1.165) is 19.1 Å². The van der Waals surface area contributed by atoms with Gasteiger partial charge in [0.15, 0.2) is 0 Å². The van der Waals surface area contributed by atoms with E-state index in [0.29, 0.717) is 0 Å². The van der Waals surface area contributed by atoms with E-state index < -0.39 is 0 Å². The molecule has 0 aliphatic carbocycles. The molecule has 0 aliphatic rings. The van der Waals surface area contributed by atoms with Gasteiger partial charge in [-0.25, -0.2) is 0 Å². The van der Waals surface area contributed by atoms with Crippen molar-refractivity contribution in [3.05, 3.63) is 24.8 Å². The van der Waals surface area contributed by atoms with Crippen LogP contribution >= 0.6 is 0 Å². The molecule has 1 atom stereocenters. The number of rotatable bonds is 11. The summed E-state index contributed by atoms with van der Waals surface area (Å²) in [6.45, 7) is 5.88. The number of unbranched alkanes of at least 4 members (excludes halogenated alkanes) is 6. The molecule has 0 amide bonds. The average molecular weight is 222 g/mol. The Bertz CT molecular complexity index is 194. The summed E-state index contributed by atoms with van der Waals surface area (Å²) in [5, 5.41) is 0. The van der Waals surface area contributed by atoms with Gasteiger partial charge in [0, 0.05) is 5.92 Å². The van der Waals surface area contributed by atoms with Crippen molar-refractivity contribution in [2.24, 2.45) is 5.92 Å². The van der Waals surface area contributed by atoms with Gasteiger partial charge in [-0.1, -0.05) is 57.3 Å². The van der Waals surface area contributed by atoms with Crippen molar-refractivity contribution in [2.45, 2.75) is 58.3 Å². The molecule has 1 nitrogen and oxygen atoms in total. The molecule has 92 valence electrons. The number of carbonyl (C=O) groups is 1. The molecule has 0 N–H and O–H groups in total. The van der Waals surface area contributed by atoms with E-state index in [9.17, 15) is 4.79 Å². The maximum Gasteiger partial charge on any atom is 0.127 e. The number of allylic oxidation sites excluding steroid dienone is 3. The van der Waals surface area contributed by atoms with Crippen LogP contribution in [0.15, 0.2) is 24.8 Å². The lowest BCUT2D eigenvalue weighted by atomic mass is 10.1. The minimum atomic E-state index is 0.0394. The second kappa shape index (κ2) is 12.2. The van der Waals surface area contributed by atoms with Gasteiger partial charge in [-0.3, -0.25) is 0 Å². The average Bonchev–Trinajstić information content (AvgIpc) is 2.31. The van der Waals surface area contributed by atoms with Crippen molar-refractivity contribution in [2.75, 3.05) is 0 Å². The molecule has 16 heavy (non-hydrogen) atoms. The molecule has 0 aliphatic heterocycles. The van der Waals surface area contributed by atoms with E-state index in [2.05, 4.69) is 19.6 Å². The van der Waals surface area contributed by atoms with Crippen LogP contribution in [-0.4, -0.2) is 6.29 Å². The summed E-state index contributed by atoms with van der Waals surface area (Å²) in [6.07, 6.45) is 16.8. The summed E-state index contributed by atoms with van der Waals surface area (Å²) in [4.78, 5) is 10.6. The highest BCUT2D eigenvalue weighted by atomic mass is 16.1. The van der Waals surface area contributed by atoms with Crippen LogP contribution in [0.3, 0.4) is 0 Å². The third-order valence-corrected chi connectivity index (χ3v) is 2.72. The fourth-order valence-electron chi connectivity index (χ4n) is 1.69. The van der Waals surface area contributed by atoms with Gasteiger partial charge in [-0.05, 0) is 19.3 Å². The van der Waals surface area contributed by atoms with Crippen LogP contribution in [0, 0.1) is 5.92 Å². The lowest BCUT2D eigenvalue weighted by molar-refractivity contribution is -0.109. The highest BCUT2D eigenvalue weighted by Gasteiger charge is 1.97. The Balaban J connectivity index is 3.38. The Kier molecular flexibility index (Phi) is 11.6. The SMILES string of the molecule is C=CCC(C=O)/C=C\CCCCCCCC. The maximum absolute atomic E-state index is 10.6. The number of aldehydes is 1. The standard InChI is InChI=1S/C15H26O/c1-3-5-6-7-8-9-10-11-13-15(14-16)12-4-2/h4,11,13-15H,2-3,5-10,12H2,1H3/b13-11-. The molecule has 0 heterocycles. The first-order valence-corrected chi connectivity index (χ1v) is 6.58. The van der Waals surface area contributed by atoms with E-state index >= 15 is 0 Å². The Morgan fingerprint density at radius 2 is 1.81 bits per heavy atom. The normalized spacial score (nSPS) is 12.8. The zero-order valence-electron chi connectivity index (χ0n) is 10.7. The molecular weight excluding hydrogens is 196 g/mol. The fourth-order valence-corrected chi connectivity index (χ4v) is 1.69. The van der Waals surface area contributed by atoms with Gasteiger partial charge in [-0.15, -0.1) is 6.58 Å². The quantitative estimate of drug-likeness (QED) is 0.282. The number of hydrogen-bond acceptors (Lipinski definition) is 1. The summed E-state index contributed by atoms with van der Waals surface area (Å²) in [6, 6.07) is 0. The molecule has 0 aromatic rings. The summed E-state index contributed by atoms with van der Waals surface area (Å²) < 4.78 is 0. The summed E-state index contributed by atoms with van der Waals surface area (Å²) in [7, 11) is 0. The Morgan fingerprint density at radius 3 is 2.44 bits per heavy atom. The molecule has 0 aromatic carbocycles. The second-order valence-corrected chi connectivity index (χ2v) is 4.31. The highest BCUT2D eigenvalue weighted by Crippen LogP contribution is 2.08. The third-order valence-electron chi connectivity index (χ3n) is 2.72. The molecule has 0 aromatic heterocycles. The van der Waals surface area contributed by atoms with Gasteiger partial charge in [0.25, 0.3) is 0 Å². The van der Waals surface area contributed by atoms with Crippen molar-refractivity contribution < 1.29 is 4.79 Å². The zero-order valence-corrected chi connectivity index (χ0v) is 10.7. The van der Waals surface area contributed by atoms with E-state index in [1.807, 2.05) is 6.08 Å². The Labute approximate surface area is 101 Å². The van der Waals surface area contributed by atoms with Crippen LogP contribution in [0.5, 0.6) is 0 Å². The summed E-state index contributed by atoms with van der Waals surface area (Å²) in [5.74, 6) is 0.0394. The van der Waals surface area contributed by atoms with E-state index in [1.165, 1.54) is 38.5 Å². The van der Waals surface area contributed by atoms with E-state index in [4.69, 9.17) is 0 Å². The lowest BCUT2D eigenvalue weighted by Gasteiger charge is -2.00.